The Morgan fingerprint density at radius 1 is 1.62 bits per heavy atom. The summed E-state index contributed by atoms with van der Waals surface area (Å²) in [6.07, 6.45) is 0.941. The highest BCUT2D eigenvalue weighted by Crippen LogP contribution is 1.97. The van der Waals surface area contributed by atoms with E-state index >= 15 is 0 Å². The molecule has 8 heavy (non-hydrogen) atoms. The maximum absolute atomic E-state index is 5.37. The number of allylic oxidation sites excluding steroid dienone is 1. The summed E-state index contributed by atoms with van der Waals surface area (Å²) in [5.41, 5.74) is 8.83. The van der Waals surface area contributed by atoms with Gasteiger partial charge in [-0.1, -0.05) is 6.92 Å². The Labute approximate surface area is 49.7 Å². The van der Waals surface area contributed by atoms with Gasteiger partial charge >= 0.3 is 0 Å². The Morgan fingerprint density at radius 3 is 2.25 bits per heavy atom. The molecule has 0 heterocycles. The van der Waals surface area contributed by atoms with Gasteiger partial charge in [-0.05, 0) is 18.9 Å². The molecular formula is C5H13N3. The van der Waals surface area contributed by atoms with Crippen LogP contribution >= 0.6 is 0 Å². The van der Waals surface area contributed by atoms with Gasteiger partial charge in [0.2, 0.25) is 0 Å². The highest BCUT2D eigenvalue weighted by Gasteiger charge is 1.88. The summed E-state index contributed by atoms with van der Waals surface area (Å²) < 4.78 is 0. The van der Waals surface area contributed by atoms with Gasteiger partial charge in [-0.3, -0.25) is 0 Å². The molecule has 3 nitrogen and oxygen atoms in total. The van der Waals surface area contributed by atoms with E-state index in [0.717, 1.165) is 12.0 Å². The summed E-state index contributed by atoms with van der Waals surface area (Å²) in [6.45, 7) is 3.97. The molecule has 5 N–H and O–H groups in total. The van der Waals surface area contributed by atoms with Gasteiger partial charge in [0.25, 0.3) is 0 Å². The zero-order chi connectivity index (χ0) is 6.57. The fourth-order valence-corrected chi connectivity index (χ4v) is 0.314. The fourth-order valence-electron chi connectivity index (χ4n) is 0.314. The topological polar surface area (TPSA) is 64.1 Å². The molecule has 0 radical (unpaired) electrons. The third-order valence-electron chi connectivity index (χ3n) is 1.15. The highest BCUT2D eigenvalue weighted by molar-refractivity contribution is 5.04. The second-order valence-corrected chi connectivity index (χ2v) is 1.69. The first-order chi connectivity index (χ1) is 3.72. The molecule has 0 bridgehead atoms. The molecule has 0 aliphatic rings. The van der Waals surface area contributed by atoms with E-state index in [4.69, 9.17) is 11.6 Å². The molecule has 0 rings (SSSR count). The first-order valence-electron chi connectivity index (χ1n) is 2.64. The lowest BCUT2D eigenvalue weighted by Crippen LogP contribution is -2.27. The van der Waals surface area contributed by atoms with Crippen LogP contribution in [-0.2, 0) is 0 Å². The van der Waals surface area contributed by atoms with Crippen LogP contribution < -0.4 is 17.0 Å². The van der Waals surface area contributed by atoms with Crippen molar-refractivity contribution in [1.82, 2.24) is 5.43 Å². The average Bonchev–Trinajstić information content (AvgIpc) is 1.84. The zero-order valence-electron chi connectivity index (χ0n) is 5.36. The molecular weight excluding hydrogens is 102 g/mol. The molecule has 0 spiro atoms. The number of nitrogens with two attached hydrogens (primary N) is 2. The van der Waals surface area contributed by atoms with E-state index in [1.165, 1.54) is 0 Å². The number of hydrazine groups is 1. The predicted octanol–water partition coefficient (Wildman–Crippen LogP) is 0.0499. The van der Waals surface area contributed by atoms with Crippen molar-refractivity contribution < 1.29 is 0 Å². The number of rotatable bonds is 2. The first-order valence-corrected chi connectivity index (χ1v) is 2.64. The third kappa shape index (κ3) is 1.84. The summed E-state index contributed by atoms with van der Waals surface area (Å²) in [6, 6.07) is 0. The molecule has 0 amide bonds. The van der Waals surface area contributed by atoms with Crippen LogP contribution in [-0.4, -0.2) is 0 Å². The summed E-state index contributed by atoms with van der Waals surface area (Å²) in [7, 11) is 0. The van der Waals surface area contributed by atoms with Gasteiger partial charge < -0.3 is 11.2 Å². The van der Waals surface area contributed by atoms with Crippen LogP contribution in [0.2, 0.25) is 0 Å². The van der Waals surface area contributed by atoms with Crippen LogP contribution in [0.4, 0.5) is 0 Å². The smallest absolute Gasteiger partial charge is 0.109 e. The van der Waals surface area contributed by atoms with Crippen LogP contribution in [0.3, 0.4) is 0 Å². The molecule has 0 aliphatic carbocycles. The minimum atomic E-state index is 0.576. The predicted molar refractivity (Wildman–Crippen MR) is 34.5 cm³/mol. The second-order valence-electron chi connectivity index (χ2n) is 1.69. The Kier molecular flexibility index (Phi) is 3.03. The van der Waals surface area contributed by atoms with Gasteiger partial charge in [0, 0.05) is 0 Å². The van der Waals surface area contributed by atoms with E-state index < -0.39 is 0 Å². The Balaban J connectivity index is 3.83. The fraction of sp³-hybridized carbons (Fsp3) is 0.600. The molecule has 0 saturated heterocycles. The van der Waals surface area contributed by atoms with E-state index in [2.05, 4.69) is 5.43 Å². The van der Waals surface area contributed by atoms with Gasteiger partial charge in [-0.2, -0.15) is 0 Å². The molecule has 0 aliphatic heterocycles. The Bertz CT molecular complexity index is 83.8. The molecule has 0 saturated carbocycles. The number of hydrogen-bond acceptors (Lipinski definition) is 3. The highest BCUT2D eigenvalue weighted by atomic mass is 15.3. The second kappa shape index (κ2) is 3.32. The molecule has 0 aromatic rings. The molecule has 48 valence electrons. The van der Waals surface area contributed by atoms with Crippen molar-refractivity contribution in [2.24, 2.45) is 11.6 Å². The lowest BCUT2D eigenvalue weighted by molar-refractivity contribution is 0.831. The summed E-state index contributed by atoms with van der Waals surface area (Å²) in [5, 5.41) is 0. The van der Waals surface area contributed by atoms with Crippen molar-refractivity contribution in [1.29, 1.82) is 0 Å². The minimum Gasteiger partial charge on any atom is -0.385 e. The van der Waals surface area contributed by atoms with Crippen molar-refractivity contribution in [3.8, 4) is 0 Å². The van der Waals surface area contributed by atoms with Crippen molar-refractivity contribution in [3.05, 3.63) is 11.4 Å². The van der Waals surface area contributed by atoms with Gasteiger partial charge in [-0.15, -0.1) is 0 Å². The van der Waals surface area contributed by atoms with Crippen LogP contribution in [0.5, 0.6) is 0 Å². The van der Waals surface area contributed by atoms with Crippen molar-refractivity contribution in [2.45, 2.75) is 20.3 Å². The van der Waals surface area contributed by atoms with Crippen LogP contribution in [0.25, 0.3) is 0 Å². The molecule has 0 atom stereocenters. The monoisotopic (exact) mass is 115 g/mol. The molecule has 0 unspecified atom stereocenters. The summed E-state index contributed by atoms with van der Waals surface area (Å²) in [5.74, 6) is 5.59. The van der Waals surface area contributed by atoms with Crippen molar-refractivity contribution in [3.63, 3.8) is 0 Å². The molecule has 0 aromatic heterocycles. The van der Waals surface area contributed by atoms with E-state index in [0.29, 0.717) is 5.82 Å². The summed E-state index contributed by atoms with van der Waals surface area (Å²) in [4.78, 5) is 0. The van der Waals surface area contributed by atoms with Gasteiger partial charge in [0.1, 0.15) is 5.82 Å². The Hall–Kier alpha value is -0.700. The normalized spacial score (nSPS) is 12.9. The molecule has 3 heteroatoms. The number of hydrogen-bond donors (Lipinski definition) is 3. The molecule has 0 aromatic carbocycles. The van der Waals surface area contributed by atoms with Crippen molar-refractivity contribution in [2.75, 3.05) is 0 Å². The third-order valence-corrected chi connectivity index (χ3v) is 1.15. The summed E-state index contributed by atoms with van der Waals surface area (Å²) >= 11 is 0. The average molecular weight is 115 g/mol. The first kappa shape index (κ1) is 7.30. The standard InChI is InChI=1S/C5H13N3/c1-3-4(2)5(6)8-7/h8H,3,6-7H2,1-2H3. The van der Waals surface area contributed by atoms with Gasteiger partial charge in [0.05, 0.1) is 0 Å². The van der Waals surface area contributed by atoms with E-state index in [9.17, 15) is 0 Å². The SMILES string of the molecule is CCC(C)=C(N)NN. The lowest BCUT2D eigenvalue weighted by atomic mass is 10.2. The lowest BCUT2D eigenvalue weighted by Gasteiger charge is -2.01. The Morgan fingerprint density at radius 2 is 2.12 bits per heavy atom. The van der Waals surface area contributed by atoms with Crippen molar-refractivity contribution >= 4 is 0 Å². The quantitative estimate of drug-likeness (QED) is 0.352. The maximum Gasteiger partial charge on any atom is 0.109 e. The van der Waals surface area contributed by atoms with Crippen LogP contribution in [0.1, 0.15) is 20.3 Å². The van der Waals surface area contributed by atoms with E-state index in [-0.39, 0.29) is 0 Å². The van der Waals surface area contributed by atoms with Crippen LogP contribution in [0, 0.1) is 0 Å². The minimum absolute atomic E-state index is 0.576. The maximum atomic E-state index is 5.37. The van der Waals surface area contributed by atoms with Gasteiger partial charge in [0.15, 0.2) is 0 Å². The van der Waals surface area contributed by atoms with E-state index in [1.54, 1.807) is 0 Å². The van der Waals surface area contributed by atoms with Gasteiger partial charge in [-0.25, -0.2) is 5.84 Å². The zero-order valence-corrected chi connectivity index (χ0v) is 5.36. The van der Waals surface area contributed by atoms with E-state index in [1.807, 2.05) is 13.8 Å². The van der Waals surface area contributed by atoms with Crippen LogP contribution in [0.15, 0.2) is 11.4 Å². The molecule has 0 fully saturated rings. The largest absolute Gasteiger partial charge is 0.385 e. The number of nitrogens with one attached hydrogen (secondary N) is 1.